The average Bonchev–Trinajstić information content (AvgIpc) is 2.38. The molecule has 0 saturated carbocycles. The molecule has 0 bridgehead atoms. The van der Waals surface area contributed by atoms with E-state index in [4.69, 9.17) is 14.9 Å². The summed E-state index contributed by atoms with van der Waals surface area (Å²) >= 11 is 0. The number of carbonyl (C=O) groups is 2. The Morgan fingerprint density at radius 2 is 2.00 bits per heavy atom. The number of carboxylic acids is 2. The molecular formula is C13H14O5. The van der Waals surface area contributed by atoms with Crippen molar-refractivity contribution in [2.45, 2.75) is 13.3 Å². The van der Waals surface area contributed by atoms with E-state index in [0.29, 0.717) is 12.4 Å². The lowest BCUT2D eigenvalue weighted by molar-refractivity contribution is -0.136. The predicted molar refractivity (Wildman–Crippen MR) is 65.9 cm³/mol. The number of rotatable bonds is 2. The van der Waals surface area contributed by atoms with Crippen LogP contribution in [0.15, 0.2) is 24.3 Å². The molecule has 0 aliphatic carbocycles. The van der Waals surface area contributed by atoms with Crippen LogP contribution in [0.25, 0.3) is 6.08 Å². The third-order valence-corrected chi connectivity index (χ3v) is 2.20. The molecule has 1 aromatic carbocycles. The van der Waals surface area contributed by atoms with Gasteiger partial charge < -0.3 is 14.9 Å². The maximum Gasteiger partial charge on any atom is 0.339 e. The van der Waals surface area contributed by atoms with Crippen LogP contribution in [0.5, 0.6) is 5.75 Å². The molecule has 5 heteroatoms. The van der Waals surface area contributed by atoms with Gasteiger partial charge in [0.25, 0.3) is 0 Å². The van der Waals surface area contributed by atoms with Gasteiger partial charge in [0.1, 0.15) is 17.9 Å². The second kappa shape index (κ2) is 6.44. The van der Waals surface area contributed by atoms with Crippen molar-refractivity contribution in [1.82, 2.24) is 0 Å². The highest BCUT2D eigenvalue weighted by Crippen LogP contribution is 2.27. The van der Waals surface area contributed by atoms with Gasteiger partial charge in [0.2, 0.25) is 0 Å². The van der Waals surface area contributed by atoms with Crippen LogP contribution in [0.2, 0.25) is 0 Å². The minimum Gasteiger partial charge on any atom is -0.488 e. The van der Waals surface area contributed by atoms with Gasteiger partial charge in [0.05, 0.1) is 0 Å². The number of hydrogen-bond donors (Lipinski definition) is 2. The van der Waals surface area contributed by atoms with Gasteiger partial charge >= 0.3 is 11.9 Å². The lowest BCUT2D eigenvalue weighted by Gasteiger charge is -2.13. The van der Waals surface area contributed by atoms with Crippen molar-refractivity contribution in [3.8, 4) is 5.75 Å². The zero-order valence-electron chi connectivity index (χ0n) is 9.92. The maximum absolute atomic E-state index is 10.8. The molecule has 0 amide bonds. The lowest BCUT2D eigenvalue weighted by Crippen LogP contribution is -2.07. The molecule has 2 N–H and O–H groups in total. The fourth-order valence-electron chi connectivity index (χ4n) is 1.32. The van der Waals surface area contributed by atoms with Gasteiger partial charge in [0, 0.05) is 12.0 Å². The highest BCUT2D eigenvalue weighted by Gasteiger charge is 2.15. The number of fused-ring (bicyclic) bond motifs is 1. The van der Waals surface area contributed by atoms with Crippen LogP contribution in [0, 0.1) is 0 Å². The Hall–Kier alpha value is -2.30. The van der Waals surface area contributed by atoms with Crippen molar-refractivity contribution in [3.05, 3.63) is 35.4 Å². The summed E-state index contributed by atoms with van der Waals surface area (Å²) in [5, 5.41) is 16.6. The highest BCUT2D eigenvalue weighted by atomic mass is 16.5. The normalized spacial score (nSPS) is 11.6. The molecule has 1 aromatic rings. The van der Waals surface area contributed by atoms with Gasteiger partial charge in [-0.15, -0.1) is 0 Å². The van der Waals surface area contributed by atoms with E-state index in [-0.39, 0.29) is 12.0 Å². The van der Waals surface area contributed by atoms with E-state index >= 15 is 0 Å². The van der Waals surface area contributed by atoms with Crippen LogP contribution in [-0.2, 0) is 4.79 Å². The molecule has 2 rings (SSSR count). The number of benzene rings is 1. The molecule has 1 heterocycles. The van der Waals surface area contributed by atoms with Crippen LogP contribution >= 0.6 is 0 Å². The number of aliphatic carboxylic acids is 1. The Bertz CT molecular complexity index is 476. The van der Waals surface area contributed by atoms with Crippen LogP contribution in [0.1, 0.15) is 29.3 Å². The van der Waals surface area contributed by atoms with E-state index in [1.165, 1.54) is 0 Å². The van der Waals surface area contributed by atoms with Gasteiger partial charge in [-0.25, -0.2) is 4.79 Å². The van der Waals surface area contributed by atoms with Crippen molar-refractivity contribution in [1.29, 1.82) is 0 Å². The third kappa shape index (κ3) is 3.62. The highest BCUT2D eigenvalue weighted by molar-refractivity contribution is 5.92. The summed E-state index contributed by atoms with van der Waals surface area (Å²) in [6, 6.07) is 5.08. The van der Waals surface area contributed by atoms with Crippen LogP contribution < -0.4 is 4.74 Å². The predicted octanol–water partition coefficient (Wildman–Crippen LogP) is 2.27. The fraction of sp³-hybridized carbons (Fsp3) is 0.231. The van der Waals surface area contributed by atoms with Crippen molar-refractivity contribution >= 4 is 18.0 Å². The largest absolute Gasteiger partial charge is 0.488 e. The van der Waals surface area contributed by atoms with Crippen LogP contribution in [0.4, 0.5) is 0 Å². The monoisotopic (exact) mass is 250 g/mol. The first kappa shape index (κ1) is 13.8. The minimum absolute atomic E-state index is 0.222. The molecule has 0 aromatic heterocycles. The second-order valence-corrected chi connectivity index (χ2v) is 3.49. The summed E-state index contributed by atoms with van der Waals surface area (Å²) in [5.41, 5.74) is 1.05. The summed E-state index contributed by atoms with van der Waals surface area (Å²) in [6.07, 6.45) is 3.94. The van der Waals surface area contributed by atoms with Crippen LogP contribution in [0.3, 0.4) is 0 Å². The minimum atomic E-state index is -0.952. The fourth-order valence-corrected chi connectivity index (χ4v) is 1.32. The summed E-state index contributed by atoms with van der Waals surface area (Å²) < 4.78 is 5.25. The van der Waals surface area contributed by atoms with Gasteiger partial charge in [-0.3, -0.25) is 4.79 Å². The number of ether oxygens (including phenoxy) is 1. The molecule has 18 heavy (non-hydrogen) atoms. The zero-order chi connectivity index (χ0) is 13.5. The lowest BCUT2D eigenvalue weighted by atomic mass is 10.1. The number of aromatic carboxylic acids is 1. The van der Waals surface area contributed by atoms with Crippen LogP contribution in [-0.4, -0.2) is 28.8 Å². The summed E-state index contributed by atoms with van der Waals surface area (Å²) in [5.74, 6) is -1.23. The first-order chi connectivity index (χ1) is 8.56. The van der Waals surface area contributed by atoms with Gasteiger partial charge in [-0.1, -0.05) is 25.1 Å². The van der Waals surface area contributed by atoms with Gasteiger partial charge in [0.15, 0.2) is 0 Å². The Balaban J connectivity index is 0.000000280. The van der Waals surface area contributed by atoms with Crippen molar-refractivity contribution in [3.63, 3.8) is 0 Å². The molecule has 0 fully saturated rings. The Kier molecular flexibility index (Phi) is 4.92. The van der Waals surface area contributed by atoms with E-state index in [9.17, 15) is 9.59 Å². The Labute approximate surface area is 104 Å². The molecule has 0 unspecified atom stereocenters. The Morgan fingerprint density at radius 3 is 2.56 bits per heavy atom. The second-order valence-electron chi connectivity index (χ2n) is 3.49. The molecular weight excluding hydrogens is 236 g/mol. The summed E-state index contributed by atoms with van der Waals surface area (Å²) in [4.78, 5) is 20.1. The number of para-hydroxylation sites is 1. The van der Waals surface area contributed by atoms with E-state index in [1.54, 1.807) is 19.1 Å². The molecule has 96 valence electrons. The van der Waals surface area contributed by atoms with Crippen molar-refractivity contribution in [2.24, 2.45) is 0 Å². The van der Waals surface area contributed by atoms with Crippen molar-refractivity contribution in [2.75, 3.05) is 6.61 Å². The van der Waals surface area contributed by atoms with E-state index in [0.717, 1.165) is 5.56 Å². The Morgan fingerprint density at radius 1 is 1.33 bits per heavy atom. The first-order valence-corrected chi connectivity index (χ1v) is 5.43. The van der Waals surface area contributed by atoms with Gasteiger partial charge in [-0.05, 0) is 12.1 Å². The SMILES string of the molecule is CCC(=O)O.O=C(O)c1cccc2c1OCC=C2. The summed E-state index contributed by atoms with van der Waals surface area (Å²) in [7, 11) is 0. The van der Waals surface area contributed by atoms with Gasteiger partial charge in [-0.2, -0.15) is 0 Å². The first-order valence-electron chi connectivity index (χ1n) is 5.43. The molecule has 0 radical (unpaired) electrons. The molecule has 1 aliphatic heterocycles. The van der Waals surface area contributed by atoms with Crippen molar-refractivity contribution < 1.29 is 24.5 Å². The third-order valence-electron chi connectivity index (χ3n) is 2.20. The maximum atomic E-state index is 10.8. The number of carboxylic acid groups (broad SMARTS) is 2. The van der Waals surface area contributed by atoms with E-state index < -0.39 is 11.9 Å². The molecule has 5 nitrogen and oxygen atoms in total. The summed E-state index contributed by atoms with van der Waals surface area (Å²) in [6.45, 7) is 2.04. The molecule has 0 atom stereocenters. The zero-order valence-corrected chi connectivity index (χ0v) is 9.92. The quantitative estimate of drug-likeness (QED) is 0.841. The molecule has 1 aliphatic rings. The smallest absolute Gasteiger partial charge is 0.339 e. The topological polar surface area (TPSA) is 83.8 Å². The molecule has 0 spiro atoms. The number of hydrogen-bond acceptors (Lipinski definition) is 3. The molecule has 0 saturated heterocycles. The van der Waals surface area contributed by atoms with E-state index in [2.05, 4.69) is 0 Å². The van der Waals surface area contributed by atoms with E-state index in [1.807, 2.05) is 18.2 Å². The average molecular weight is 250 g/mol. The standard InChI is InChI=1S/C10H8O3.C3H6O2/c11-10(12)8-5-1-3-7-4-2-6-13-9(7)8;1-2-3(4)5/h1-5H,6H2,(H,11,12);2H2,1H3,(H,4,5).